The first-order valence-corrected chi connectivity index (χ1v) is 18.9. The van der Waals surface area contributed by atoms with Crippen LogP contribution in [0.1, 0.15) is 172 Å². The van der Waals surface area contributed by atoms with Gasteiger partial charge in [-0.3, -0.25) is 0 Å². The van der Waals surface area contributed by atoms with E-state index in [1.54, 1.807) is 0 Å². The van der Waals surface area contributed by atoms with Gasteiger partial charge in [-0.15, -0.1) is 0 Å². The van der Waals surface area contributed by atoms with Gasteiger partial charge in [-0.25, -0.2) is 0 Å². The Hall–Kier alpha value is -3.64. The highest BCUT2D eigenvalue weighted by Crippen LogP contribution is 2.36. The number of benzene rings is 4. The van der Waals surface area contributed by atoms with E-state index in [9.17, 15) is 0 Å². The Bertz CT molecular complexity index is 1700. The van der Waals surface area contributed by atoms with Crippen molar-refractivity contribution in [2.75, 3.05) is 0 Å². The van der Waals surface area contributed by atoms with Crippen LogP contribution in [-0.4, -0.2) is 0 Å². The molecule has 1 aliphatic carbocycles. The summed E-state index contributed by atoms with van der Waals surface area (Å²) in [7, 11) is 0. The van der Waals surface area contributed by atoms with Crippen molar-refractivity contribution in [3.63, 3.8) is 0 Å². The monoisotopic (exact) mass is 665 g/mol. The third-order valence-corrected chi connectivity index (χ3v) is 11.3. The Labute approximate surface area is 306 Å². The minimum atomic E-state index is 0.0456. The summed E-state index contributed by atoms with van der Waals surface area (Å²) in [4.78, 5) is 0. The molecule has 0 N–H and O–H groups in total. The summed E-state index contributed by atoms with van der Waals surface area (Å²) < 4.78 is 0. The van der Waals surface area contributed by atoms with Crippen molar-refractivity contribution in [3.05, 3.63) is 138 Å². The predicted octanol–water partition coefficient (Wildman–Crippen LogP) is 13.9. The van der Waals surface area contributed by atoms with Crippen LogP contribution in [0.2, 0.25) is 0 Å². The zero-order chi connectivity index (χ0) is 37.1. The topological polar surface area (TPSA) is 0 Å². The average molecular weight is 665 g/mol. The van der Waals surface area contributed by atoms with Gasteiger partial charge in [0.15, 0.2) is 0 Å². The summed E-state index contributed by atoms with van der Waals surface area (Å²) in [6.07, 6.45) is 11.4. The normalized spacial score (nSPS) is 15.4. The van der Waals surface area contributed by atoms with E-state index in [1.165, 1.54) is 89.0 Å². The summed E-state index contributed by atoms with van der Waals surface area (Å²) >= 11 is 0. The van der Waals surface area contributed by atoms with Gasteiger partial charge >= 0.3 is 0 Å². The van der Waals surface area contributed by atoms with Gasteiger partial charge < -0.3 is 0 Å². The highest BCUT2D eigenvalue weighted by atomic mass is 14.3. The van der Waals surface area contributed by atoms with E-state index in [2.05, 4.69) is 184 Å². The van der Waals surface area contributed by atoms with Gasteiger partial charge in [0.05, 0.1) is 0 Å². The molecule has 0 aliphatic heterocycles. The van der Waals surface area contributed by atoms with E-state index in [-0.39, 0.29) is 21.7 Å². The summed E-state index contributed by atoms with van der Waals surface area (Å²) in [5.74, 6) is 0. The number of rotatable bonds is 0. The lowest BCUT2D eigenvalue weighted by Crippen LogP contribution is -2.15. The van der Waals surface area contributed by atoms with Crippen LogP contribution in [-0.2, 0) is 34.5 Å². The molecule has 0 saturated carbocycles. The smallest absolute Gasteiger partial charge is 0.00199 e. The van der Waals surface area contributed by atoms with Gasteiger partial charge in [0.2, 0.25) is 0 Å². The number of hydrogen-bond acceptors (Lipinski definition) is 0. The summed E-state index contributed by atoms with van der Waals surface area (Å²) in [6, 6.07) is 19.7. The average Bonchev–Trinajstić information content (AvgIpc) is 2.98. The minimum Gasteiger partial charge on any atom is -0.0561 e. The highest BCUT2D eigenvalue weighted by molar-refractivity contribution is 5.77. The first-order chi connectivity index (χ1) is 22.9. The maximum atomic E-state index is 2.48. The quantitative estimate of drug-likeness (QED) is 0.155. The van der Waals surface area contributed by atoms with E-state index >= 15 is 0 Å². The van der Waals surface area contributed by atoms with Crippen LogP contribution in [0.5, 0.6) is 0 Å². The molecule has 264 valence electrons. The van der Waals surface area contributed by atoms with Crippen molar-refractivity contribution >= 4 is 24.3 Å². The van der Waals surface area contributed by atoms with E-state index < -0.39 is 0 Å². The molecule has 0 heteroatoms. The Morgan fingerprint density at radius 2 is 0.480 bits per heavy atom. The molecule has 0 radical (unpaired) electrons. The second-order valence-corrected chi connectivity index (χ2v) is 19.4. The van der Waals surface area contributed by atoms with Gasteiger partial charge in [0.25, 0.3) is 0 Å². The molecule has 0 fully saturated rings. The molecule has 50 heavy (non-hydrogen) atoms. The SMILES string of the molecule is Cc1c2cc(C(C)(C)C)cc1Cc1cc(C(C)(C)C)cc(c1C)/C=C\c1cc(C(C)(C)C)cc(c1C)Cc1cc(C(C)(C)C)cc(c1C)/C=C\2. The van der Waals surface area contributed by atoms with Gasteiger partial charge in [0, 0.05) is 0 Å². The molecule has 8 bridgehead atoms. The third-order valence-electron chi connectivity index (χ3n) is 11.3. The Kier molecular flexibility index (Phi) is 9.90. The largest absolute Gasteiger partial charge is 0.0561 e. The molecular formula is C50H64. The molecule has 0 saturated heterocycles. The maximum absolute atomic E-state index is 2.48. The fraction of sp³-hybridized carbons (Fsp3) is 0.440. The van der Waals surface area contributed by atoms with Crippen LogP contribution in [0.4, 0.5) is 0 Å². The number of hydrogen-bond donors (Lipinski definition) is 0. The third kappa shape index (κ3) is 7.96. The van der Waals surface area contributed by atoms with Crippen molar-refractivity contribution in [2.45, 2.75) is 145 Å². The first kappa shape index (κ1) is 37.6. The number of fused-ring (bicyclic) bond motifs is 8. The fourth-order valence-electron chi connectivity index (χ4n) is 7.12. The fourth-order valence-corrected chi connectivity index (χ4v) is 7.12. The Morgan fingerprint density at radius 3 is 0.640 bits per heavy atom. The molecule has 0 atom stereocenters. The lowest BCUT2D eigenvalue weighted by atomic mass is 9.79. The van der Waals surface area contributed by atoms with Gasteiger partial charge in [-0.1, -0.05) is 156 Å². The zero-order valence-electron chi connectivity index (χ0n) is 34.3. The van der Waals surface area contributed by atoms with Gasteiger partial charge in [-0.2, -0.15) is 0 Å². The maximum Gasteiger partial charge on any atom is -0.00199 e. The molecule has 0 amide bonds. The van der Waals surface area contributed by atoms with Gasteiger partial charge in [0.1, 0.15) is 0 Å². The van der Waals surface area contributed by atoms with E-state index in [0.29, 0.717) is 0 Å². The molecule has 4 aromatic carbocycles. The van der Waals surface area contributed by atoms with Crippen molar-refractivity contribution in [3.8, 4) is 0 Å². The lowest BCUT2D eigenvalue weighted by molar-refractivity contribution is 0.587. The highest BCUT2D eigenvalue weighted by Gasteiger charge is 2.23. The Morgan fingerprint density at radius 1 is 0.300 bits per heavy atom. The summed E-state index contributed by atoms with van der Waals surface area (Å²) in [6.45, 7) is 37.4. The van der Waals surface area contributed by atoms with Crippen LogP contribution in [0.15, 0.2) is 48.5 Å². The van der Waals surface area contributed by atoms with Crippen LogP contribution in [0.25, 0.3) is 24.3 Å². The summed E-state index contributed by atoms with van der Waals surface area (Å²) in [5.41, 5.74) is 22.2. The van der Waals surface area contributed by atoms with Crippen LogP contribution < -0.4 is 0 Å². The van der Waals surface area contributed by atoms with Crippen molar-refractivity contribution in [1.82, 2.24) is 0 Å². The van der Waals surface area contributed by atoms with E-state index in [0.717, 1.165) is 12.8 Å². The van der Waals surface area contributed by atoms with Crippen LogP contribution in [0.3, 0.4) is 0 Å². The molecule has 0 unspecified atom stereocenters. The van der Waals surface area contributed by atoms with E-state index in [1.807, 2.05) is 0 Å². The summed E-state index contributed by atoms with van der Waals surface area (Å²) in [5, 5.41) is 0. The van der Waals surface area contributed by atoms with Crippen molar-refractivity contribution < 1.29 is 0 Å². The second-order valence-electron chi connectivity index (χ2n) is 19.4. The zero-order valence-corrected chi connectivity index (χ0v) is 34.3. The van der Waals surface area contributed by atoms with Gasteiger partial charge in [-0.05, 0) is 151 Å². The van der Waals surface area contributed by atoms with Crippen LogP contribution in [0, 0.1) is 27.7 Å². The Balaban J connectivity index is 1.89. The minimum absolute atomic E-state index is 0.0456. The first-order valence-electron chi connectivity index (χ1n) is 18.9. The molecule has 5 rings (SSSR count). The lowest BCUT2D eigenvalue weighted by Gasteiger charge is -2.26. The molecule has 0 spiro atoms. The molecule has 0 aromatic heterocycles. The van der Waals surface area contributed by atoms with E-state index in [4.69, 9.17) is 0 Å². The van der Waals surface area contributed by atoms with Crippen molar-refractivity contribution in [2.24, 2.45) is 0 Å². The van der Waals surface area contributed by atoms with Crippen LogP contribution >= 0.6 is 0 Å². The molecule has 4 aromatic rings. The molecule has 0 nitrogen and oxygen atoms in total. The molecular weight excluding hydrogens is 601 g/mol. The van der Waals surface area contributed by atoms with Crippen molar-refractivity contribution in [1.29, 1.82) is 0 Å². The standard InChI is InChI=1S/C50H64/c1-31-35-17-18-36-24-45(49(11,12)13)29-41(33(36)3)22-42-30-46(50(14,15)16)26-38(34(42)4)20-19-37-25-44(48(8,9)10)28-40(32(37)2)21-39(31)27-43(23-35)47(5,6)7/h17-20,23-30H,21-22H2,1-16H3/b18-17-,20-19-. The molecule has 0 heterocycles. The molecule has 1 aliphatic rings. The second kappa shape index (κ2) is 13.2. The predicted molar refractivity (Wildman–Crippen MR) is 223 cm³/mol.